The molecule has 7 rings (SSSR count). The van der Waals surface area contributed by atoms with Gasteiger partial charge >= 0.3 is 12.2 Å². The highest BCUT2D eigenvalue weighted by atomic mass is 32.1. The van der Waals surface area contributed by atoms with E-state index in [1.54, 1.807) is 21.1 Å². The molecule has 0 radical (unpaired) electrons. The Bertz CT molecular complexity index is 1980. The van der Waals surface area contributed by atoms with Gasteiger partial charge in [-0.05, 0) is 95.9 Å². The van der Waals surface area contributed by atoms with Gasteiger partial charge in [0.25, 0.3) is 0 Å². The third-order valence-corrected chi connectivity index (χ3v) is 10.0. The highest BCUT2D eigenvalue weighted by Crippen LogP contribution is 2.38. The van der Waals surface area contributed by atoms with Crippen molar-refractivity contribution in [1.82, 2.24) is 29.7 Å². The van der Waals surface area contributed by atoms with E-state index in [1.165, 1.54) is 15.0 Å². The smallest absolute Gasteiger partial charge is 0.410 e. The number of rotatable bonds is 5. The SMILES string of the molecule is CC(C)(C)OC(=O)N1CCCC1c1ncc(-c2ccc(-c3cc4ccc(-c5cnc(C6CCCN6C(=O)OC(C)(C)C)[nH]5)cc4s3)cc2)[nH]1. The van der Waals surface area contributed by atoms with Gasteiger partial charge in [-0.1, -0.05) is 36.4 Å². The van der Waals surface area contributed by atoms with Crippen LogP contribution < -0.4 is 0 Å². The molecule has 0 saturated carbocycles. The molecule has 2 N–H and O–H groups in total. The minimum absolute atomic E-state index is 0.116. The van der Waals surface area contributed by atoms with Crippen molar-refractivity contribution in [3.8, 4) is 33.0 Å². The molecule has 2 fully saturated rings. The summed E-state index contributed by atoms with van der Waals surface area (Å²) in [5, 5.41) is 1.18. The number of nitrogens with one attached hydrogen (secondary N) is 2. The van der Waals surface area contributed by atoms with E-state index >= 15 is 0 Å². The van der Waals surface area contributed by atoms with Gasteiger partial charge in [0.2, 0.25) is 0 Å². The second kappa shape index (κ2) is 12.7. The van der Waals surface area contributed by atoms with Crippen LogP contribution in [0.5, 0.6) is 0 Å². The van der Waals surface area contributed by atoms with Crippen molar-refractivity contribution in [2.45, 2.75) is 90.5 Å². The number of carbonyl (C=O) groups is 2. The number of ether oxygens (including phenoxy) is 2. The third-order valence-electron chi connectivity index (χ3n) is 8.90. The summed E-state index contributed by atoms with van der Waals surface area (Å²) in [5.74, 6) is 1.58. The number of H-pyrrole nitrogens is 2. The Morgan fingerprint density at radius 3 is 1.73 bits per heavy atom. The molecule has 0 aliphatic carbocycles. The normalized spacial score (nSPS) is 18.4. The Kier molecular flexibility index (Phi) is 8.50. The average Bonchev–Trinajstić information content (AvgIpc) is 3.87. The van der Waals surface area contributed by atoms with Gasteiger partial charge in [-0.25, -0.2) is 19.6 Å². The number of carbonyl (C=O) groups excluding carboxylic acids is 2. The van der Waals surface area contributed by atoms with Crippen LogP contribution in [0.25, 0.3) is 43.0 Å². The molecule has 3 aromatic heterocycles. The quantitative estimate of drug-likeness (QED) is 0.191. The Balaban J connectivity index is 1.05. The molecule has 0 spiro atoms. The number of imidazole rings is 2. The van der Waals surface area contributed by atoms with Gasteiger partial charge in [0.05, 0.1) is 35.9 Å². The number of hydrogen-bond donors (Lipinski definition) is 2. The molecule has 10 nitrogen and oxygen atoms in total. The number of fused-ring (bicyclic) bond motifs is 1. The van der Waals surface area contributed by atoms with Crippen LogP contribution in [0.15, 0.2) is 60.9 Å². The zero-order valence-corrected chi connectivity index (χ0v) is 29.8. The first-order valence-electron chi connectivity index (χ1n) is 17.1. The van der Waals surface area contributed by atoms with Crippen molar-refractivity contribution in [1.29, 1.82) is 0 Å². The van der Waals surface area contributed by atoms with E-state index in [1.807, 2.05) is 53.9 Å². The summed E-state index contributed by atoms with van der Waals surface area (Å²) in [5.41, 5.74) is 4.01. The lowest BCUT2D eigenvalue weighted by molar-refractivity contribution is 0.0208. The molecular formula is C38H44N6O4S. The fourth-order valence-corrected chi connectivity index (χ4v) is 7.75. The molecule has 2 saturated heterocycles. The van der Waals surface area contributed by atoms with Crippen LogP contribution in [-0.2, 0) is 9.47 Å². The molecule has 2 aliphatic heterocycles. The first-order chi connectivity index (χ1) is 23.3. The van der Waals surface area contributed by atoms with Gasteiger partial charge in [-0.2, -0.15) is 0 Å². The Hall–Kier alpha value is -4.64. The Labute approximate surface area is 290 Å². The first-order valence-corrected chi connectivity index (χ1v) is 17.9. The van der Waals surface area contributed by atoms with Gasteiger partial charge in [0.15, 0.2) is 0 Å². The van der Waals surface area contributed by atoms with E-state index in [0.717, 1.165) is 65.4 Å². The molecule has 5 heterocycles. The molecular weight excluding hydrogens is 637 g/mol. The van der Waals surface area contributed by atoms with Crippen LogP contribution in [0.4, 0.5) is 9.59 Å². The predicted octanol–water partition coefficient (Wildman–Crippen LogP) is 9.49. The summed E-state index contributed by atoms with van der Waals surface area (Å²) in [7, 11) is 0. The van der Waals surface area contributed by atoms with Gasteiger partial charge in [0.1, 0.15) is 22.9 Å². The van der Waals surface area contributed by atoms with Crippen molar-refractivity contribution in [2.24, 2.45) is 0 Å². The van der Waals surface area contributed by atoms with Crippen LogP contribution in [-0.4, -0.2) is 66.2 Å². The Morgan fingerprint density at radius 1 is 0.714 bits per heavy atom. The van der Waals surface area contributed by atoms with E-state index in [-0.39, 0.29) is 24.3 Å². The number of thiophene rings is 1. The summed E-state index contributed by atoms with van der Waals surface area (Å²) in [6.45, 7) is 12.7. The maximum absolute atomic E-state index is 12.8. The van der Waals surface area contributed by atoms with Gasteiger partial charge in [-0.15, -0.1) is 11.3 Å². The number of aromatic nitrogens is 4. The van der Waals surface area contributed by atoms with Crippen LogP contribution in [0.1, 0.15) is 91.0 Å². The number of amides is 2. The molecule has 2 atom stereocenters. The molecule has 2 amide bonds. The number of nitrogens with zero attached hydrogens (tertiary/aromatic N) is 4. The largest absolute Gasteiger partial charge is 0.444 e. The van der Waals surface area contributed by atoms with Crippen LogP contribution in [0.3, 0.4) is 0 Å². The van der Waals surface area contributed by atoms with Crippen molar-refractivity contribution >= 4 is 33.6 Å². The van der Waals surface area contributed by atoms with E-state index in [9.17, 15) is 9.59 Å². The lowest BCUT2D eigenvalue weighted by Crippen LogP contribution is -2.36. The van der Waals surface area contributed by atoms with Crippen molar-refractivity contribution in [3.05, 3.63) is 72.6 Å². The summed E-state index contributed by atoms with van der Waals surface area (Å²) >= 11 is 1.76. The van der Waals surface area contributed by atoms with Gasteiger partial charge in [-0.3, -0.25) is 9.80 Å². The average molecular weight is 681 g/mol. The lowest BCUT2D eigenvalue weighted by atomic mass is 10.1. The summed E-state index contributed by atoms with van der Waals surface area (Å²) in [6.07, 6.45) is 6.67. The second-order valence-electron chi connectivity index (χ2n) is 15.0. The van der Waals surface area contributed by atoms with E-state index in [0.29, 0.717) is 13.1 Å². The molecule has 2 unspecified atom stereocenters. The molecule has 2 aromatic carbocycles. The van der Waals surface area contributed by atoms with Crippen molar-refractivity contribution < 1.29 is 19.1 Å². The maximum Gasteiger partial charge on any atom is 0.410 e. The minimum atomic E-state index is -0.539. The summed E-state index contributed by atoms with van der Waals surface area (Å²) < 4.78 is 12.5. The highest BCUT2D eigenvalue weighted by molar-refractivity contribution is 7.22. The zero-order chi connectivity index (χ0) is 34.5. The Morgan fingerprint density at radius 2 is 1.20 bits per heavy atom. The number of aromatic amines is 2. The fourth-order valence-electron chi connectivity index (χ4n) is 6.64. The van der Waals surface area contributed by atoms with Crippen molar-refractivity contribution in [3.63, 3.8) is 0 Å². The number of likely N-dealkylation sites (tertiary alicyclic amines) is 2. The zero-order valence-electron chi connectivity index (χ0n) is 29.0. The van der Waals surface area contributed by atoms with Gasteiger partial charge < -0.3 is 19.4 Å². The fraction of sp³-hybridized carbons (Fsp3) is 0.421. The molecule has 0 bridgehead atoms. The molecule has 49 heavy (non-hydrogen) atoms. The number of benzene rings is 2. The lowest BCUT2D eigenvalue weighted by Gasteiger charge is -2.27. The molecule has 5 aromatic rings. The van der Waals surface area contributed by atoms with Crippen LogP contribution in [0, 0.1) is 0 Å². The molecule has 2 aliphatic rings. The summed E-state index contributed by atoms with van der Waals surface area (Å²) in [4.78, 5) is 46.7. The minimum Gasteiger partial charge on any atom is -0.444 e. The third kappa shape index (κ3) is 7.08. The molecule has 256 valence electrons. The molecule has 11 heteroatoms. The number of hydrogen-bond acceptors (Lipinski definition) is 7. The maximum atomic E-state index is 12.8. The van der Waals surface area contributed by atoms with Crippen molar-refractivity contribution in [2.75, 3.05) is 13.1 Å². The standard InChI is InChI=1S/C38H44N6O4S/c1-37(2,3)47-35(45)43-17-7-9-29(43)33-39-21-27(41-33)23-11-13-24(14-12-23)31-20-26-16-15-25(19-32(26)49-31)28-22-40-34(42-28)30-10-8-18-44(30)36(46)48-38(4,5)6/h11-16,19-22,29-30H,7-10,17-18H2,1-6H3,(H,39,41)(H,40,42). The van der Waals surface area contributed by atoms with Crippen LogP contribution >= 0.6 is 11.3 Å². The first kappa shape index (κ1) is 32.9. The topological polar surface area (TPSA) is 116 Å². The summed E-state index contributed by atoms with van der Waals surface area (Å²) in [6, 6.07) is 17.0. The van der Waals surface area contributed by atoms with E-state index in [4.69, 9.17) is 9.47 Å². The van der Waals surface area contributed by atoms with E-state index in [2.05, 4.69) is 68.5 Å². The van der Waals surface area contributed by atoms with Crippen LogP contribution in [0.2, 0.25) is 0 Å². The monoisotopic (exact) mass is 680 g/mol. The van der Waals surface area contributed by atoms with Gasteiger partial charge in [0, 0.05) is 28.2 Å². The second-order valence-corrected chi connectivity index (χ2v) is 16.1. The van der Waals surface area contributed by atoms with E-state index < -0.39 is 11.2 Å². The predicted molar refractivity (Wildman–Crippen MR) is 192 cm³/mol. The highest BCUT2D eigenvalue weighted by Gasteiger charge is 2.36.